The monoisotopic (exact) mass is 1290 g/mol. The van der Waals surface area contributed by atoms with Crippen LogP contribution in [0.15, 0.2) is 285 Å². The summed E-state index contributed by atoms with van der Waals surface area (Å²) in [5.74, 6) is -0.832. The van der Waals surface area contributed by atoms with Gasteiger partial charge in [0.25, 0.3) is 6.71 Å². The molecule has 0 radical (unpaired) electrons. The van der Waals surface area contributed by atoms with Crippen molar-refractivity contribution in [1.29, 1.82) is 0 Å². The van der Waals surface area contributed by atoms with Crippen molar-refractivity contribution in [2.45, 2.75) is 98.3 Å². The van der Waals surface area contributed by atoms with Gasteiger partial charge in [0.15, 0.2) is 0 Å². The lowest BCUT2D eigenvalue weighted by Gasteiger charge is -2.47. The van der Waals surface area contributed by atoms with Gasteiger partial charge in [-0.25, -0.2) is 0 Å². The zero-order valence-electron chi connectivity index (χ0n) is 77.5. The van der Waals surface area contributed by atoms with E-state index in [9.17, 15) is 23.3 Å². The Morgan fingerprint density at radius 2 is 0.663 bits per heavy atom. The number of fused-ring (bicyclic) bond motifs is 10. The minimum absolute atomic E-state index is 0.0207. The molecular weight excluding hydrogens is 1180 g/mol. The van der Waals surface area contributed by atoms with Crippen molar-refractivity contribution in [2.24, 2.45) is 0 Å². The van der Waals surface area contributed by atoms with Gasteiger partial charge in [0.05, 0.1) is 62.2 Å². The highest BCUT2D eigenvalue weighted by Crippen LogP contribution is 2.56. The average molecular weight is 1290 g/mol. The topological polar surface area (TPSA) is 16.3 Å². The molecule has 4 nitrogen and oxygen atoms in total. The van der Waals surface area contributed by atoms with E-state index >= 15 is 0 Å². The van der Waals surface area contributed by atoms with Crippen LogP contribution in [0.1, 0.15) is 133 Å². The normalized spacial score (nSPS) is 16.1. The number of hydrogen-bond acceptors (Lipinski definition) is 2. The van der Waals surface area contributed by atoms with Crippen LogP contribution < -0.4 is 26.2 Å². The van der Waals surface area contributed by atoms with Crippen LogP contribution in [0, 0.1) is 0 Å². The van der Waals surface area contributed by atoms with Gasteiger partial charge >= 0.3 is 0 Å². The van der Waals surface area contributed by atoms with E-state index in [1.807, 2.05) is 145 Å². The Hall–Kier alpha value is -10.9. The van der Waals surface area contributed by atoms with Crippen LogP contribution in [0.2, 0.25) is 0 Å². The Morgan fingerprint density at radius 1 is 0.337 bits per heavy atom. The standard InChI is InChI=1S/C93H81BN4/c1-59(2)73-56-68(96-81-46-30-26-42-71(81)72-43-27-31-47-82(72)96)58-86-87(73)94-78-49-48-67(95-79-44-28-24-40-69(79)70-41-25-29-45-80(70)95)57-83(78)97(89-74(60-32-16-12-17-33-60)50-64(91(3,4)5)51-75(89)61-34-18-13-19-35-61)84-54-66(93(9,10)11)55-85(88(84)94)98(86)90-76(62-36-20-14-21-37-62)52-65(92(6,7)8)53-77(90)63-38-22-15-23-39-63/h12-59H,1-11H3/i24D,25D,26D,27D,28D,29D,30D,31D,40D,41D,42D,43D,44D,45D,46D,47D,48D,49D,56D,57D,58D. The van der Waals surface area contributed by atoms with Gasteiger partial charge in [0, 0.05) is 77.9 Å². The third-order valence-corrected chi connectivity index (χ3v) is 19.5. The molecular formula is C93H81BN4. The second-order valence-electron chi connectivity index (χ2n) is 29.1. The Morgan fingerprint density at radius 3 is 1.02 bits per heavy atom. The summed E-state index contributed by atoms with van der Waals surface area (Å²) >= 11 is 0. The molecule has 0 bridgehead atoms. The highest BCUT2D eigenvalue weighted by molar-refractivity contribution is 7.00. The fourth-order valence-electron chi connectivity index (χ4n) is 14.6. The Balaban J connectivity index is 1.19. The number of anilines is 6. The van der Waals surface area contributed by atoms with Gasteiger partial charge < -0.3 is 18.9 Å². The molecule has 2 aliphatic heterocycles. The number of nitrogens with zero attached hydrogens (tertiary/aromatic N) is 4. The van der Waals surface area contributed by atoms with Gasteiger partial charge in [0.1, 0.15) is 0 Å². The molecule has 5 heteroatoms. The van der Waals surface area contributed by atoms with Crippen LogP contribution in [-0.2, 0) is 16.2 Å². The van der Waals surface area contributed by atoms with Crippen molar-refractivity contribution in [3.8, 4) is 55.9 Å². The number of rotatable bonds is 9. The minimum atomic E-state index is -1.45. The van der Waals surface area contributed by atoms with Crippen LogP contribution in [0.25, 0.3) is 99.5 Å². The molecule has 476 valence electrons. The third kappa shape index (κ3) is 9.79. The molecule has 2 aliphatic rings. The van der Waals surface area contributed by atoms with E-state index < -0.39 is 172 Å². The van der Waals surface area contributed by atoms with Crippen molar-refractivity contribution in [3.05, 3.63) is 307 Å². The van der Waals surface area contributed by atoms with Gasteiger partial charge in [-0.2, -0.15) is 0 Å². The van der Waals surface area contributed by atoms with E-state index in [-0.39, 0.29) is 66.1 Å². The van der Waals surface area contributed by atoms with Crippen LogP contribution in [-0.4, -0.2) is 15.8 Å². The van der Waals surface area contributed by atoms with Crippen LogP contribution >= 0.6 is 0 Å². The molecule has 2 aromatic heterocycles. The summed E-state index contributed by atoms with van der Waals surface area (Å²) < 4.78 is 213. The average Bonchev–Trinajstić information content (AvgIpc) is 1.35. The summed E-state index contributed by atoms with van der Waals surface area (Å²) in [6, 6.07) is 38.0. The fraction of sp³-hybridized carbons (Fsp3) is 0.161. The molecule has 0 amide bonds. The summed E-state index contributed by atoms with van der Waals surface area (Å²) in [5.41, 5.74) is 6.40. The van der Waals surface area contributed by atoms with Gasteiger partial charge in [-0.15, -0.1) is 0 Å². The number of para-hydroxylation sites is 4. The first-order valence-electron chi connectivity index (χ1n) is 43.8. The second-order valence-corrected chi connectivity index (χ2v) is 29.1. The lowest BCUT2D eigenvalue weighted by Crippen LogP contribution is -2.62. The Kier molecular flexibility index (Phi) is 9.80. The molecule has 0 fully saturated rings. The van der Waals surface area contributed by atoms with Crippen molar-refractivity contribution in [2.75, 3.05) is 9.80 Å². The quantitative estimate of drug-likeness (QED) is 0.134. The molecule has 0 spiro atoms. The van der Waals surface area contributed by atoms with E-state index in [4.69, 9.17) is 5.48 Å². The first-order valence-corrected chi connectivity index (χ1v) is 33.3. The summed E-state index contributed by atoms with van der Waals surface area (Å²) in [6.07, 6.45) is 0. The fourth-order valence-corrected chi connectivity index (χ4v) is 14.6. The molecule has 4 heterocycles. The third-order valence-electron chi connectivity index (χ3n) is 19.5. The molecule has 0 atom stereocenters. The van der Waals surface area contributed by atoms with E-state index in [2.05, 4.69) is 98.7 Å². The smallest absolute Gasteiger partial charge is 0.252 e. The number of hydrogen-bond donors (Lipinski definition) is 0. The van der Waals surface area contributed by atoms with Crippen LogP contribution in [0.3, 0.4) is 0 Å². The molecule has 0 saturated carbocycles. The summed E-state index contributed by atoms with van der Waals surface area (Å²) in [6.45, 7) is 21.2. The number of benzene rings is 13. The van der Waals surface area contributed by atoms with E-state index in [0.717, 1.165) is 37.9 Å². The largest absolute Gasteiger partial charge is 0.310 e. The highest BCUT2D eigenvalue weighted by atomic mass is 15.2. The predicted octanol–water partition coefficient (Wildman–Crippen LogP) is 23.6. The van der Waals surface area contributed by atoms with Gasteiger partial charge in [-0.3, -0.25) is 0 Å². The van der Waals surface area contributed by atoms with Crippen molar-refractivity contribution < 1.29 is 28.8 Å². The highest BCUT2D eigenvalue weighted by Gasteiger charge is 2.48. The first-order chi connectivity index (χ1) is 56.1. The lowest BCUT2D eigenvalue weighted by atomic mass is 9.32. The molecule has 15 aromatic rings. The van der Waals surface area contributed by atoms with Gasteiger partial charge in [-0.05, 0) is 168 Å². The molecule has 0 N–H and O–H groups in total. The maximum Gasteiger partial charge on any atom is 0.252 e. The van der Waals surface area contributed by atoms with Gasteiger partial charge in [0.2, 0.25) is 0 Å². The molecule has 0 aliphatic carbocycles. The van der Waals surface area contributed by atoms with Crippen molar-refractivity contribution in [1.82, 2.24) is 9.13 Å². The summed E-state index contributed by atoms with van der Waals surface area (Å²) in [4.78, 5) is 4.00. The van der Waals surface area contributed by atoms with E-state index in [0.29, 0.717) is 56.0 Å². The maximum atomic E-state index is 11.9. The summed E-state index contributed by atoms with van der Waals surface area (Å²) in [5, 5.41) is -1.21. The predicted molar refractivity (Wildman–Crippen MR) is 421 cm³/mol. The molecule has 17 rings (SSSR count). The van der Waals surface area contributed by atoms with E-state index in [1.165, 1.54) is 4.57 Å². The molecule has 13 aromatic carbocycles. The Labute approximate surface area is 607 Å². The second kappa shape index (κ2) is 22.9. The minimum Gasteiger partial charge on any atom is -0.310 e. The molecule has 0 saturated heterocycles. The van der Waals surface area contributed by atoms with Crippen LogP contribution in [0.5, 0.6) is 0 Å². The zero-order chi connectivity index (χ0) is 85.4. The van der Waals surface area contributed by atoms with Crippen LogP contribution in [0.4, 0.5) is 34.1 Å². The van der Waals surface area contributed by atoms with Crippen molar-refractivity contribution in [3.63, 3.8) is 0 Å². The number of aromatic nitrogens is 2. The maximum absolute atomic E-state index is 11.9. The SMILES string of the molecule is [2H]c1c([2H])c(-n2c3c([2H])c([2H])c([2H])c([2H])c3c3c([2H])c([2H])c([2H])c([2H])c32)c([2H])c2c1B1c3c(cc(C(C)(C)C)cc3N(c3c(-c4ccccc4)cc(C(C)(C)C)cc3-c3ccccc3)c3c([2H])c(-n4c5c([2H])c([2H])c([2H])c([2H])c5c5c([2H])c([2H])c([2H])c([2H])c54)c([2H])c(C(C)C)c31)N2c1c(-c2ccccc2)cc(C(C)(C)C)cc1-c1ccccc1. The zero-order valence-corrected chi connectivity index (χ0v) is 56.5. The first kappa shape index (κ1) is 41.9. The lowest BCUT2D eigenvalue weighted by molar-refractivity contribution is 0.590. The Bertz CT molecular complexity index is 6670. The van der Waals surface area contributed by atoms with Crippen molar-refractivity contribution >= 4 is 101 Å². The van der Waals surface area contributed by atoms with E-state index in [1.54, 1.807) is 0 Å². The molecule has 0 unspecified atom stereocenters. The molecule has 98 heavy (non-hydrogen) atoms. The van der Waals surface area contributed by atoms with Gasteiger partial charge in [-0.1, -0.05) is 276 Å². The summed E-state index contributed by atoms with van der Waals surface area (Å²) in [7, 11) is 0.